The molecule has 0 radical (unpaired) electrons. The van der Waals surface area contributed by atoms with Crippen LogP contribution in [-0.2, 0) is 0 Å². The molecule has 114 valence electrons. The molecule has 2 aromatic carbocycles. The SMILES string of the molecule is Cc1ccc([N+](=O)[O-])c(Nc2sc3cc(F)ccc3c2C#N)c1. The lowest BCUT2D eigenvalue weighted by Gasteiger charge is -2.06. The van der Waals surface area contributed by atoms with Gasteiger partial charge in [0.2, 0.25) is 0 Å². The van der Waals surface area contributed by atoms with Gasteiger partial charge in [0, 0.05) is 16.2 Å². The number of hydrogen-bond donors (Lipinski definition) is 1. The van der Waals surface area contributed by atoms with E-state index < -0.39 is 10.7 Å². The number of aryl methyl sites for hydroxylation is 1. The lowest BCUT2D eigenvalue weighted by molar-refractivity contribution is -0.383. The molecule has 1 heterocycles. The lowest BCUT2D eigenvalue weighted by atomic mass is 10.1. The number of nitro groups is 1. The predicted molar refractivity (Wildman–Crippen MR) is 87.6 cm³/mol. The highest BCUT2D eigenvalue weighted by Gasteiger charge is 2.18. The van der Waals surface area contributed by atoms with Gasteiger partial charge in [0.25, 0.3) is 5.69 Å². The van der Waals surface area contributed by atoms with Crippen molar-refractivity contribution in [3.8, 4) is 6.07 Å². The molecule has 1 aromatic heterocycles. The van der Waals surface area contributed by atoms with Crippen LogP contribution in [0.15, 0.2) is 36.4 Å². The Morgan fingerprint density at radius 3 is 2.78 bits per heavy atom. The predicted octanol–water partition coefficient (Wildman–Crippen LogP) is 4.87. The molecule has 0 spiro atoms. The van der Waals surface area contributed by atoms with Gasteiger partial charge in [0.15, 0.2) is 0 Å². The number of fused-ring (bicyclic) bond motifs is 1. The Morgan fingerprint density at radius 2 is 2.09 bits per heavy atom. The summed E-state index contributed by atoms with van der Waals surface area (Å²) in [5.74, 6) is -0.392. The maximum atomic E-state index is 13.3. The smallest absolute Gasteiger partial charge is 0.292 e. The van der Waals surface area contributed by atoms with Gasteiger partial charge in [-0.05, 0) is 36.8 Å². The van der Waals surface area contributed by atoms with Crippen LogP contribution < -0.4 is 5.32 Å². The van der Waals surface area contributed by atoms with Gasteiger partial charge in [-0.25, -0.2) is 4.39 Å². The van der Waals surface area contributed by atoms with Crippen LogP contribution in [0, 0.1) is 34.2 Å². The van der Waals surface area contributed by atoms with E-state index in [1.807, 2.05) is 6.92 Å². The van der Waals surface area contributed by atoms with Crippen LogP contribution in [0.5, 0.6) is 0 Å². The quantitative estimate of drug-likeness (QED) is 0.549. The van der Waals surface area contributed by atoms with Crippen LogP contribution in [0.1, 0.15) is 11.1 Å². The first kappa shape index (κ1) is 14.9. The van der Waals surface area contributed by atoms with Crippen LogP contribution in [0.4, 0.5) is 20.8 Å². The number of thiophene rings is 1. The fraction of sp³-hybridized carbons (Fsp3) is 0.0625. The van der Waals surface area contributed by atoms with E-state index in [9.17, 15) is 19.8 Å². The van der Waals surface area contributed by atoms with Crippen LogP contribution in [-0.4, -0.2) is 4.92 Å². The summed E-state index contributed by atoms with van der Waals surface area (Å²) in [6.45, 7) is 1.82. The van der Waals surface area contributed by atoms with E-state index >= 15 is 0 Å². The van der Waals surface area contributed by atoms with Crippen molar-refractivity contribution in [2.75, 3.05) is 5.32 Å². The lowest BCUT2D eigenvalue weighted by Crippen LogP contribution is -1.97. The van der Waals surface area contributed by atoms with E-state index in [4.69, 9.17) is 0 Å². The Labute approximate surface area is 134 Å². The van der Waals surface area contributed by atoms with Crippen molar-refractivity contribution in [3.63, 3.8) is 0 Å². The first-order chi connectivity index (χ1) is 11.0. The molecule has 0 saturated heterocycles. The van der Waals surface area contributed by atoms with E-state index in [0.717, 1.165) is 5.56 Å². The third kappa shape index (κ3) is 2.72. The van der Waals surface area contributed by atoms with Gasteiger partial charge in [-0.1, -0.05) is 6.07 Å². The molecule has 0 bridgehead atoms. The Bertz CT molecular complexity index is 975. The molecular weight excluding hydrogens is 317 g/mol. The maximum Gasteiger partial charge on any atom is 0.292 e. The number of nitrogens with zero attached hydrogens (tertiary/aromatic N) is 2. The van der Waals surface area contributed by atoms with Crippen molar-refractivity contribution in [2.45, 2.75) is 6.92 Å². The third-order valence-corrected chi connectivity index (χ3v) is 4.43. The molecular formula is C16H10FN3O2S. The maximum absolute atomic E-state index is 13.3. The molecule has 0 aliphatic rings. The summed E-state index contributed by atoms with van der Waals surface area (Å²) in [6, 6.07) is 10.9. The third-order valence-electron chi connectivity index (χ3n) is 3.36. The van der Waals surface area contributed by atoms with E-state index in [0.29, 0.717) is 26.3 Å². The largest absolute Gasteiger partial charge is 0.340 e. The monoisotopic (exact) mass is 327 g/mol. The average molecular weight is 327 g/mol. The zero-order valence-corrected chi connectivity index (χ0v) is 12.8. The topological polar surface area (TPSA) is 79.0 Å². The number of hydrogen-bond acceptors (Lipinski definition) is 5. The second-order valence-corrected chi connectivity index (χ2v) is 6.01. The van der Waals surface area contributed by atoms with Crippen molar-refractivity contribution in [2.24, 2.45) is 0 Å². The van der Waals surface area contributed by atoms with Crippen molar-refractivity contribution >= 4 is 37.8 Å². The van der Waals surface area contributed by atoms with E-state index in [2.05, 4.69) is 11.4 Å². The molecule has 23 heavy (non-hydrogen) atoms. The highest BCUT2D eigenvalue weighted by molar-refractivity contribution is 7.23. The first-order valence-corrected chi connectivity index (χ1v) is 7.45. The average Bonchev–Trinajstić information content (AvgIpc) is 2.82. The molecule has 3 aromatic rings. The number of nitro benzene ring substituents is 1. The summed E-state index contributed by atoms with van der Waals surface area (Å²) in [6.07, 6.45) is 0. The standard InChI is InChI=1S/C16H10FN3O2S/c1-9-2-5-14(20(21)22)13(6-9)19-16-12(8-18)11-4-3-10(17)7-15(11)23-16/h2-7,19H,1H3. The molecule has 0 amide bonds. The van der Waals surface area contributed by atoms with Crippen molar-refractivity contribution in [3.05, 3.63) is 63.5 Å². The molecule has 0 unspecified atom stereocenters. The van der Waals surface area contributed by atoms with Crippen molar-refractivity contribution in [1.82, 2.24) is 0 Å². The number of nitriles is 1. The molecule has 0 aliphatic heterocycles. The second kappa shape index (κ2) is 5.66. The van der Waals surface area contributed by atoms with Gasteiger partial charge < -0.3 is 5.32 Å². The Morgan fingerprint density at radius 1 is 1.30 bits per heavy atom. The van der Waals surface area contributed by atoms with Crippen LogP contribution in [0.3, 0.4) is 0 Å². The molecule has 0 saturated carbocycles. The summed E-state index contributed by atoms with van der Waals surface area (Å²) >= 11 is 1.19. The number of rotatable bonds is 3. The zero-order valence-electron chi connectivity index (χ0n) is 12.0. The molecule has 7 heteroatoms. The molecule has 5 nitrogen and oxygen atoms in total. The van der Waals surface area contributed by atoms with Gasteiger partial charge in [0.05, 0.1) is 10.5 Å². The normalized spacial score (nSPS) is 10.5. The summed E-state index contributed by atoms with van der Waals surface area (Å²) in [4.78, 5) is 10.7. The Hall–Kier alpha value is -2.98. The summed E-state index contributed by atoms with van der Waals surface area (Å²) < 4.78 is 14.0. The summed E-state index contributed by atoms with van der Waals surface area (Å²) in [5.41, 5.74) is 1.42. The minimum Gasteiger partial charge on any atom is -0.340 e. The van der Waals surface area contributed by atoms with Crippen LogP contribution in [0.2, 0.25) is 0 Å². The highest BCUT2D eigenvalue weighted by Crippen LogP contribution is 2.39. The second-order valence-electron chi connectivity index (χ2n) is 4.96. The first-order valence-electron chi connectivity index (χ1n) is 6.64. The zero-order chi connectivity index (χ0) is 16.6. The molecule has 1 N–H and O–H groups in total. The van der Waals surface area contributed by atoms with Crippen molar-refractivity contribution < 1.29 is 9.31 Å². The van der Waals surface area contributed by atoms with Gasteiger partial charge in [-0.2, -0.15) is 5.26 Å². The fourth-order valence-corrected chi connectivity index (χ4v) is 3.39. The molecule has 0 atom stereocenters. The minimum absolute atomic E-state index is 0.0804. The highest BCUT2D eigenvalue weighted by atomic mass is 32.1. The van der Waals surface area contributed by atoms with E-state index in [1.54, 1.807) is 12.1 Å². The van der Waals surface area contributed by atoms with Gasteiger partial charge >= 0.3 is 0 Å². The van der Waals surface area contributed by atoms with E-state index in [-0.39, 0.29) is 5.69 Å². The number of benzene rings is 2. The minimum atomic E-state index is -0.485. The van der Waals surface area contributed by atoms with Gasteiger partial charge in [-0.3, -0.25) is 10.1 Å². The van der Waals surface area contributed by atoms with Crippen LogP contribution >= 0.6 is 11.3 Å². The summed E-state index contributed by atoms with van der Waals surface area (Å²) in [7, 11) is 0. The van der Waals surface area contributed by atoms with Crippen molar-refractivity contribution in [1.29, 1.82) is 5.26 Å². The molecule has 0 aliphatic carbocycles. The Balaban J connectivity index is 2.14. The summed E-state index contributed by atoms with van der Waals surface area (Å²) in [5, 5.41) is 24.6. The Kier molecular flexibility index (Phi) is 3.68. The number of halogens is 1. The van der Waals surface area contributed by atoms with Gasteiger partial charge in [-0.15, -0.1) is 11.3 Å². The van der Waals surface area contributed by atoms with E-state index in [1.165, 1.54) is 35.6 Å². The van der Waals surface area contributed by atoms with Gasteiger partial charge in [0.1, 0.15) is 22.6 Å². The number of nitrogens with one attached hydrogen (secondary N) is 1. The molecule has 3 rings (SSSR count). The van der Waals surface area contributed by atoms with Crippen LogP contribution in [0.25, 0.3) is 10.1 Å². The fourth-order valence-electron chi connectivity index (χ4n) is 2.30. The number of anilines is 2. The molecule has 0 fully saturated rings.